The van der Waals surface area contributed by atoms with Crippen LogP contribution in [0, 0.1) is 17.0 Å². The molecule has 0 aliphatic carbocycles. The van der Waals surface area contributed by atoms with E-state index < -0.39 is 23.4 Å². The summed E-state index contributed by atoms with van der Waals surface area (Å²) in [5.74, 6) is -1.22. The number of thiazole rings is 1. The van der Waals surface area contributed by atoms with Crippen LogP contribution in [0.4, 0.5) is 11.4 Å². The predicted molar refractivity (Wildman–Crippen MR) is 132 cm³/mol. The van der Waals surface area contributed by atoms with E-state index in [0.717, 1.165) is 26.9 Å². The minimum Gasteiger partial charge on any atom is -0.452 e. The molecule has 1 amide bonds. The molecule has 34 heavy (non-hydrogen) atoms. The molecule has 0 saturated carbocycles. The Morgan fingerprint density at radius 3 is 2.68 bits per heavy atom. The Bertz CT molecular complexity index is 1410. The number of nitrogens with zero attached hydrogens (tertiary/aromatic N) is 2. The maximum absolute atomic E-state index is 12.1. The van der Waals surface area contributed by atoms with Crippen molar-refractivity contribution in [1.82, 2.24) is 4.98 Å². The summed E-state index contributed by atoms with van der Waals surface area (Å²) in [6.45, 7) is 1.58. The third-order valence-electron chi connectivity index (χ3n) is 4.80. The zero-order valence-corrected chi connectivity index (χ0v) is 18.9. The molecule has 0 aliphatic heterocycles. The number of carbonyl (C=O) groups excluding carboxylic acids is 2. The van der Waals surface area contributed by atoms with Gasteiger partial charge in [-0.15, -0.1) is 11.3 Å². The average Bonchev–Trinajstić information content (AvgIpc) is 3.25. The van der Waals surface area contributed by atoms with E-state index in [1.165, 1.54) is 29.8 Å². The van der Waals surface area contributed by atoms with E-state index in [-0.39, 0.29) is 5.69 Å². The van der Waals surface area contributed by atoms with Crippen molar-refractivity contribution in [1.29, 1.82) is 0 Å². The van der Waals surface area contributed by atoms with Gasteiger partial charge in [-0.2, -0.15) is 0 Å². The number of non-ortho nitro benzene ring substituents is 1. The van der Waals surface area contributed by atoms with Gasteiger partial charge in [0.1, 0.15) is 5.01 Å². The molecule has 4 aromatic rings. The number of nitro benzene ring substituents is 1. The summed E-state index contributed by atoms with van der Waals surface area (Å²) in [5, 5.41) is 14.4. The number of benzene rings is 3. The molecule has 3 aromatic carbocycles. The standard InChI is InChI=1S/C25H19N3O5S/c1-16-5-11-21-22(13-16)34-25(27-21)18-7-9-19(10-8-18)26-23(29)15-33-24(30)12-6-17-3-2-4-20(14-17)28(31)32/h2-14H,15H2,1H3,(H,26,29)/b12-6+. The quantitative estimate of drug-likeness (QED) is 0.167. The first-order chi connectivity index (χ1) is 16.4. The Morgan fingerprint density at radius 2 is 1.91 bits per heavy atom. The second-order valence-corrected chi connectivity index (χ2v) is 8.44. The molecule has 0 fully saturated rings. The normalized spacial score (nSPS) is 11.0. The molecule has 0 aliphatic rings. The Kier molecular flexibility index (Phi) is 6.74. The van der Waals surface area contributed by atoms with Crippen molar-refractivity contribution in [2.75, 3.05) is 11.9 Å². The zero-order valence-electron chi connectivity index (χ0n) is 18.1. The van der Waals surface area contributed by atoms with Gasteiger partial charge in [0.2, 0.25) is 0 Å². The number of nitrogens with one attached hydrogen (secondary N) is 1. The lowest BCUT2D eigenvalue weighted by atomic mass is 10.2. The average molecular weight is 474 g/mol. The molecule has 8 nitrogen and oxygen atoms in total. The van der Waals surface area contributed by atoms with Crippen molar-refractivity contribution in [2.45, 2.75) is 6.92 Å². The van der Waals surface area contributed by atoms with Crippen LogP contribution in [0.2, 0.25) is 0 Å². The van der Waals surface area contributed by atoms with Crippen LogP contribution < -0.4 is 5.32 Å². The van der Waals surface area contributed by atoms with Gasteiger partial charge in [0.05, 0.1) is 15.1 Å². The van der Waals surface area contributed by atoms with Gasteiger partial charge in [-0.3, -0.25) is 14.9 Å². The Morgan fingerprint density at radius 1 is 1.12 bits per heavy atom. The van der Waals surface area contributed by atoms with Crippen LogP contribution in [0.5, 0.6) is 0 Å². The van der Waals surface area contributed by atoms with E-state index in [2.05, 4.69) is 16.4 Å². The molecular weight excluding hydrogens is 454 g/mol. The van der Waals surface area contributed by atoms with Gasteiger partial charge in [-0.05, 0) is 60.5 Å². The van der Waals surface area contributed by atoms with Gasteiger partial charge in [0.25, 0.3) is 11.6 Å². The molecule has 4 rings (SSSR count). The summed E-state index contributed by atoms with van der Waals surface area (Å²) in [7, 11) is 0. The SMILES string of the molecule is Cc1ccc2nc(-c3ccc(NC(=O)COC(=O)/C=C/c4cccc([N+](=O)[O-])c4)cc3)sc2c1. The Balaban J connectivity index is 1.30. The predicted octanol–water partition coefficient (Wildman–Crippen LogP) is 5.38. The van der Waals surface area contributed by atoms with Crippen molar-refractivity contribution in [3.8, 4) is 10.6 Å². The van der Waals surface area contributed by atoms with Crippen molar-refractivity contribution < 1.29 is 19.2 Å². The highest BCUT2D eigenvalue weighted by Crippen LogP contribution is 2.31. The van der Waals surface area contributed by atoms with Gasteiger partial charge in [0.15, 0.2) is 6.61 Å². The lowest BCUT2D eigenvalue weighted by Crippen LogP contribution is -2.20. The summed E-state index contributed by atoms with van der Waals surface area (Å²) >= 11 is 1.61. The number of amides is 1. The highest BCUT2D eigenvalue weighted by Gasteiger charge is 2.09. The topological polar surface area (TPSA) is 111 Å². The number of hydrogen-bond acceptors (Lipinski definition) is 7. The fourth-order valence-electron chi connectivity index (χ4n) is 3.14. The maximum Gasteiger partial charge on any atom is 0.331 e. The number of aromatic nitrogens is 1. The van der Waals surface area contributed by atoms with E-state index in [4.69, 9.17) is 4.74 Å². The van der Waals surface area contributed by atoms with E-state index >= 15 is 0 Å². The van der Waals surface area contributed by atoms with E-state index in [1.807, 2.05) is 31.2 Å². The van der Waals surface area contributed by atoms with Crippen molar-refractivity contribution in [2.24, 2.45) is 0 Å². The summed E-state index contributed by atoms with van der Waals surface area (Å²) < 4.78 is 6.05. The molecular formula is C25H19N3O5S. The van der Waals surface area contributed by atoms with E-state index in [1.54, 1.807) is 29.5 Å². The summed E-state index contributed by atoms with van der Waals surface area (Å²) in [6, 6.07) is 19.2. The largest absolute Gasteiger partial charge is 0.452 e. The minimum atomic E-state index is -0.733. The van der Waals surface area contributed by atoms with Crippen LogP contribution in [0.3, 0.4) is 0 Å². The first-order valence-electron chi connectivity index (χ1n) is 10.2. The van der Waals surface area contributed by atoms with Crippen LogP contribution >= 0.6 is 11.3 Å². The maximum atomic E-state index is 12.1. The van der Waals surface area contributed by atoms with Crippen LogP contribution in [0.1, 0.15) is 11.1 Å². The summed E-state index contributed by atoms with van der Waals surface area (Å²) in [5.41, 5.74) is 4.02. The Labute approximate surface area is 198 Å². The van der Waals surface area contributed by atoms with E-state index in [0.29, 0.717) is 11.3 Å². The molecule has 1 N–H and O–H groups in total. The number of ether oxygens (including phenoxy) is 1. The first kappa shape index (κ1) is 22.8. The van der Waals surface area contributed by atoms with E-state index in [9.17, 15) is 19.7 Å². The number of carbonyl (C=O) groups is 2. The van der Waals surface area contributed by atoms with Crippen LogP contribution in [-0.4, -0.2) is 28.4 Å². The number of aryl methyl sites for hydroxylation is 1. The van der Waals surface area contributed by atoms with Gasteiger partial charge < -0.3 is 10.1 Å². The molecule has 0 atom stereocenters. The number of anilines is 1. The highest BCUT2D eigenvalue weighted by atomic mass is 32.1. The molecule has 170 valence electrons. The Hall–Kier alpha value is -4.37. The lowest BCUT2D eigenvalue weighted by molar-refractivity contribution is -0.384. The zero-order chi connectivity index (χ0) is 24.1. The molecule has 1 aromatic heterocycles. The number of nitro groups is 1. The van der Waals surface area contributed by atoms with Crippen molar-refractivity contribution in [3.05, 3.63) is 94.0 Å². The fraction of sp³-hybridized carbons (Fsp3) is 0.0800. The third-order valence-corrected chi connectivity index (χ3v) is 5.87. The number of fused-ring (bicyclic) bond motifs is 1. The number of rotatable bonds is 7. The second-order valence-electron chi connectivity index (χ2n) is 7.41. The van der Waals surface area contributed by atoms with Crippen LogP contribution in [-0.2, 0) is 14.3 Å². The molecule has 0 bridgehead atoms. The molecule has 1 heterocycles. The number of hydrogen-bond donors (Lipinski definition) is 1. The third kappa shape index (κ3) is 5.70. The highest BCUT2D eigenvalue weighted by molar-refractivity contribution is 7.21. The number of esters is 1. The lowest BCUT2D eigenvalue weighted by Gasteiger charge is -2.06. The van der Waals surface area contributed by atoms with Crippen LogP contribution in [0.25, 0.3) is 26.9 Å². The second kappa shape index (κ2) is 10.1. The van der Waals surface area contributed by atoms with Crippen LogP contribution in [0.15, 0.2) is 72.8 Å². The first-order valence-corrected chi connectivity index (χ1v) is 11.1. The van der Waals surface area contributed by atoms with Gasteiger partial charge in [-0.25, -0.2) is 9.78 Å². The molecule has 0 unspecified atom stereocenters. The monoisotopic (exact) mass is 473 g/mol. The molecule has 0 saturated heterocycles. The smallest absolute Gasteiger partial charge is 0.331 e. The molecule has 0 spiro atoms. The molecule has 9 heteroatoms. The van der Waals surface area contributed by atoms with Crippen molar-refractivity contribution in [3.63, 3.8) is 0 Å². The molecule has 0 radical (unpaired) electrons. The van der Waals surface area contributed by atoms with Gasteiger partial charge in [-0.1, -0.05) is 18.2 Å². The van der Waals surface area contributed by atoms with Crippen molar-refractivity contribution >= 4 is 50.9 Å². The fourth-order valence-corrected chi connectivity index (χ4v) is 4.21. The van der Waals surface area contributed by atoms with Gasteiger partial charge >= 0.3 is 5.97 Å². The van der Waals surface area contributed by atoms with Gasteiger partial charge in [0, 0.05) is 29.5 Å². The summed E-state index contributed by atoms with van der Waals surface area (Å²) in [4.78, 5) is 38.9. The summed E-state index contributed by atoms with van der Waals surface area (Å²) in [6.07, 6.45) is 2.50. The minimum absolute atomic E-state index is 0.0841.